The van der Waals surface area contributed by atoms with Gasteiger partial charge in [-0.2, -0.15) is 0 Å². The molecule has 1 atom stereocenters. The third-order valence-corrected chi connectivity index (χ3v) is 7.77. The first-order chi connectivity index (χ1) is 17.4. The van der Waals surface area contributed by atoms with Crippen LogP contribution in [0.3, 0.4) is 0 Å². The number of nitrogens with zero attached hydrogens (tertiary/aromatic N) is 2. The van der Waals surface area contributed by atoms with E-state index in [9.17, 15) is 18.0 Å². The molecule has 10 heteroatoms. The van der Waals surface area contributed by atoms with Gasteiger partial charge in [0.15, 0.2) is 0 Å². The summed E-state index contributed by atoms with van der Waals surface area (Å²) in [4.78, 5) is 28.0. The van der Waals surface area contributed by atoms with Gasteiger partial charge in [0.1, 0.15) is 12.6 Å². The normalized spacial score (nSPS) is 12.4. The first kappa shape index (κ1) is 28.8. The fraction of sp³-hybridized carbons (Fsp3) is 0.333. The minimum atomic E-state index is -3.84. The number of hydrogen-bond acceptors (Lipinski definition) is 4. The van der Waals surface area contributed by atoms with Gasteiger partial charge in [0.2, 0.25) is 21.8 Å². The molecule has 3 aromatic rings. The van der Waals surface area contributed by atoms with Crippen LogP contribution in [0.15, 0.2) is 60.7 Å². The molecule has 37 heavy (non-hydrogen) atoms. The molecule has 0 saturated heterocycles. The Bertz CT molecular complexity index is 1390. The van der Waals surface area contributed by atoms with Crippen molar-refractivity contribution >= 4 is 61.5 Å². The molecule has 0 bridgehead atoms. The summed E-state index contributed by atoms with van der Waals surface area (Å²) in [5.74, 6) is -0.641. The minimum absolute atomic E-state index is 0.0408. The van der Waals surface area contributed by atoms with Crippen LogP contribution in [0.25, 0.3) is 10.8 Å². The van der Waals surface area contributed by atoms with E-state index in [1.54, 1.807) is 37.3 Å². The zero-order valence-corrected chi connectivity index (χ0v) is 23.6. The van der Waals surface area contributed by atoms with E-state index in [2.05, 4.69) is 5.32 Å². The Morgan fingerprint density at radius 1 is 0.946 bits per heavy atom. The predicted octanol–water partition coefficient (Wildman–Crippen LogP) is 5.10. The van der Waals surface area contributed by atoms with E-state index in [-0.39, 0.29) is 18.4 Å². The summed E-state index contributed by atoms with van der Waals surface area (Å²) in [6.07, 6.45) is 1.06. The van der Waals surface area contributed by atoms with Crippen molar-refractivity contribution in [3.05, 3.63) is 76.3 Å². The zero-order chi connectivity index (χ0) is 27.3. The van der Waals surface area contributed by atoms with Gasteiger partial charge in [0.25, 0.3) is 0 Å². The Labute approximate surface area is 228 Å². The van der Waals surface area contributed by atoms with Crippen molar-refractivity contribution in [3.8, 4) is 0 Å². The highest BCUT2D eigenvalue weighted by Crippen LogP contribution is 2.29. The highest BCUT2D eigenvalue weighted by molar-refractivity contribution is 7.92. The topological polar surface area (TPSA) is 86.8 Å². The monoisotopic (exact) mass is 563 g/mol. The summed E-state index contributed by atoms with van der Waals surface area (Å²) in [6.45, 7) is 5.57. The average molecular weight is 565 g/mol. The van der Waals surface area contributed by atoms with Crippen LogP contribution in [0, 0.1) is 5.92 Å². The first-order valence-electron chi connectivity index (χ1n) is 11.8. The molecule has 0 radical (unpaired) electrons. The maximum atomic E-state index is 13.7. The largest absolute Gasteiger partial charge is 0.354 e. The maximum absolute atomic E-state index is 13.7. The number of fused-ring (bicyclic) bond motifs is 1. The lowest BCUT2D eigenvalue weighted by Crippen LogP contribution is -2.51. The molecule has 0 aliphatic carbocycles. The Kier molecular flexibility index (Phi) is 9.45. The van der Waals surface area contributed by atoms with Gasteiger partial charge in [-0.3, -0.25) is 13.9 Å². The molecule has 2 amide bonds. The first-order valence-corrected chi connectivity index (χ1v) is 14.5. The number of sulfonamides is 1. The molecule has 0 saturated carbocycles. The van der Waals surface area contributed by atoms with Crippen LogP contribution in [-0.4, -0.2) is 50.5 Å². The van der Waals surface area contributed by atoms with Crippen LogP contribution in [0.1, 0.15) is 26.3 Å². The number of halogens is 2. The second-order valence-corrected chi connectivity index (χ2v) is 12.1. The number of amides is 2. The lowest BCUT2D eigenvalue weighted by Gasteiger charge is -2.32. The second-order valence-electron chi connectivity index (χ2n) is 9.35. The quantitative estimate of drug-likeness (QED) is 0.371. The molecule has 0 heterocycles. The van der Waals surface area contributed by atoms with Gasteiger partial charge in [0, 0.05) is 18.5 Å². The van der Waals surface area contributed by atoms with Crippen LogP contribution < -0.4 is 9.62 Å². The number of hydrogen-bond donors (Lipinski definition) is 1. The maximum Gasteiger partial charge on any atom is 0.244 e. The van der Waals surface area contributed by atoms with Crippen molar-refractivity contribution < 1.29 is 18.0 Å². The number of carbonyl (C=O) groups excluding carboxylic acids is 2. The van der Waals surface area contributed by atoms with Crippen LogP contribution in [0.2, 0.25) is 10.0 Å². The van der Waals surface area contributed by atoms with E-state index >= 15 is 0 Å². The number of rotatable bonds is 10. The average Bonchev–Trinajstić information content (AvgIpc) is 2.85. The summed E-state index contributed by atoms with van der Waals surface area (Å²) in [5.41, 5.74) is 1.04. The van der Waals surface area contributed by atoms with Gasteiger partial charge >= 0.3 is 0 Å². The molecule has 0 aliphatic heterocycles. The molecule has 0 aromatic heterocycles. The Balaban J connectivity index is 1.98. The van der Waals surface area contributed by atoms with E-state index < -0.39 is 28.5 Å². The van der Waals surface area contributed by atoms with Crippen LogP contribution >= 0.6 is 23.2 Å². The van der Waals surface area contributed by atoms with E-state index in [4.69, 9.17) is 23.2 Å². The third-order valence-electron chi connectivity index (χ3n) is 5.90. The molecule has 198 valence electrons. The highest BCUT2D eigenvalue weighted by atomic mass is 35.5. The summed E-state index contributed by atoms with van der Waals surface area (Å²) < 4.78 is 26.9. The van der Waals surface area contributed by atoms with Gasteiger partial charge in [0.05, 0.1) is 22.0 Å². The van der Waals surface area contributed by atoms with Crippen molar-refractivity contribution in [2.24, 2.45) is 5.92 Å². The zero-order valence-electron chi connectivity index (χ0n) is 21.2. The standard InChI is InChI=1S/C27H31Cl2N3O4S/c1-18(2)15-30-27(34)19(3)31(16-20-12-13-23(28)24(29)14-20)26(33)17-32(37(4,35)36)25-11-7-9-21-8-5-6-10-22(21)25/h5-14,18-19H,15-17H2,1-4H3,(H,30,34)/t19-/m0/s1. The van der Waals surface area contributed by atoms with Gasteiger partial charge in [-0.15, -0.1) is 0 Å². The molecule has 3 rings (SSSR count). The smallest absolute Gasteiger partial charge is 0.244 e. The van der Waals surface area contributed by atoms with Crippen molar-refractivity contribution in [1.82, 2.24) is 10.2 Å². The van der Waals surface area contributed by atoms with Crippen molar-refractivity contribution in [2.45, 2.75) is 33.4 Å². The van der Waals surface area contributed by atoms with Gasteiger partial charge in [-0.05, 0) is 42.0 Å². The van der Waals surface area contributed by atoms with Crippen molar-refractivity contribution in [1.29, 1.82) is 0 Å². The van der Waals surface area contributed by atoms with Crippen molar-refractivity contribution in [3.63, 3.8) is 0 Å². The number of anilines is 1. The lowest BCUT2D eigenvalue weighted by molar-refractivity contribution is -0.139. The molecule has 0 aliphatic rings. The van der Waals surface area contributed by atoms with E-state index in [1.807, 2.05) is 44.2 Å². The van der Waals surface area contributed by atoms with Crippen LogP contribution in [0.4, 0.5) is 5.69 Å². The van der Waals surface area contributed by atoms with E-state index in [1.165, 1.54) is 4.90 Å². The van der Waals surface area contributed by atoms with Gasteiger partial charge in [-0.25, -0.2) is 8.42 Å². The third kappa shape index (κ3) is 7.37. The fourth-order valence-electron chi connectivity index (χ4n) is 3.89. The predicted molar refractivity (Wildman–Crippen MR) is 150 cm³/mol. The Hall–Kier alpha value is -2.81. The van der Waals surface area contributed by atoms with E-state index in [0.717, 1.165) is 15.9 Å². The Morgan fingerprint density at radius 3 is 2.27 bits per heavy atom. The minimum Gasteiger partial charge on any atom is -0.354 e. The molecule has 3 aromatic carbocycles. The summed E-state index contributed by atoms with van der Waals surface area (Å²) in [6, 6.07) is 16.7. The number of carbonyl (C=O) groups is 2. The molecular weight excluding hydrogens is 533 g/mol. The van der Waals surface area contributed by atoms with Gasteiger partial charge in [-0.1, -0.05) is 79.5 Å². The second kappa shape index (κ2) is 12.2. The molecular formula is C27H31Cl2N3O4S. The molecule has 7 nitrogen and oxygen atoms in total. The molecule has 1 N–H and O–H groups in total. The molecule has 0 unspecified atom stereocenters. The van der Waals surface area contributed by atoms with E-state index in [0.29, 0.717) is 33.2 Å². The summed E-state index contributed by atoms with van der Waals surface area (Å²) in [5, 5.41) is 5.07. The Morgan fingerprint density at radius 2 is 1.62 bits per heavy atom. The molecule has 0 spiro atoms. The SMILES string of the molecule is CC(C)CNC(=O)[C@H](C)N(Cc1ccc(Cl)c(Cl)c1)C(=O)CN(c1cccc2ccccc12)S(C)(=O)=O. The van der Waals surface area contributed by atoms with Crippen molar-refractivity contribution in [2.75, 3.05) is 23.7 Å². The number of benzene rings is 3. The molecule has 0 fully saturated rings. The van der Waals surface area contributed by atoms with Gasteiger partial charge < -0.3 is 10.2 Å². The number of nitrogens with one attached hydrogen (secondary N) is 1. The fourth-order valence-corrected chi connectivity index (χ4v) is 5.07. The van der Waals surface area contributed by atoms with Crippen LogP contribution in [0.5, 0.6) is 0 Å². The lowest BCUT2D eigenvalue weighted by atomic mass is 10.1. The summed E-state index contributed by atoms with van der Waals surface area (Å²) >= 11 is 12.2. The van der Waals surface area contributed by atoms with Crippen LogP contribution in [-0.2, 0) is 26.2 Å². The highest BCUT2D eigenvalue weighted by Gasteiger charge is 2.30. The summed E-state index contributed by atoms with van der Waals surface area (Å²) in [7, 11) is -3.84.